The first kappa shape index (κ1) is 14.5. The van der Waals surface area contributed by atoms with Crippen molar-refractivity contribution in [2.75, 3.05) is 6.54 Å². The molecule has 0 heterocycles. The molecule has 106 valence electrons. The van der Waals surface area contributed by atoms with Crippen LogP contribution in [0.2, 0.25) is 0 Å². The van der Waals surface area contributed by atoms with E-state index in [2.05, 4.69) is 18.2 Å². The Bertz CT molecular complexity index is 414. The normalized spacial score (nSPS) is 19.4. The van der Waals surface area contributed by atoms with E-state index in [1.807, 2.05) is 6.07 Å². The standard InChI is InChI=1S/C17H26FN/c1-16(2,18)12-14-7-6-8-15(11-14)17(13-19)9-4-3-5-10-17/h6-8,11H,3-5,9-10,12-13,19H2,1-2H3. The summed E-state index contributed by atoms with van der Waals surface area (Å²) in [6.45, 7) is 3.98. The molecular weight excluding hydrogens is 237 g/mol. The summed E-state index contributed by atoms with van der Waals surface area (Å²) in [5.41, 5.74) is 7.46. The van der Waals surface area contributed by atoms with E-state index in [0.717, 1.165) is 5.56 Å². The van der Waals surface area contributed by atoms with Crippen molar-refractivity contribution >= 4 is 0 Å². The number of hydrogen-bond donors (Lipinski definition) is 1. The number of halogens is 1. The second-order valence-corrected chi connectivity index (χ2v) is 6.64. The van der Waals surface area contributed by atoms with E-state index < -0.39 is 5.67 Å². The van der Waals surface area contributed by atoms with Crippen LogP contribution in [0.1, 0.15) is 57.1 Å². The molecule has 1 nitrogen and oxygen atoms in total. The average molecular weight is 263 g/mol. The van der Waals surface area contributed by atoms with Crippen LogP contribution < -0.4 is 5.73 Å². The Kier molecular flexibility index (Phi) is 4.29. The highest BCUT2D eigenvalue weighted by atomic mass is 19.1. The zero-order chi connectivity index (χ0) is 13.9. The number of benzene rings is 1. The van der Waals surface area contributed by atoms with Gasteiger partial charge in [-0.3, -0.25) is 0 Å². The van der Waals surface area contributed by atoms with Gasteiger partial charge in [-0.1, -0.05) is 43.5 Å². The molecular formula is C17H26FN. The van der Waals surface area contributed by atoms with Crippen LogP contribution in [-0.2, 0) is 11.8 Å². The van der Waals surface area contributed by atoms with Crippen molar-refractivity contribution < 1.29 is 4.39 Å². The Morgan fingerprint density at radius 3 is 2.47 bits per heavy atom. The first-order chi connectivity index (χ1) is 8.95. The second kappa shape index (κ2) is 5.62. The summed E-state index contributed by atoms with van der Waals surface area (Å²) in [7, 11) is 0. The first-order valence-electron chi connectivity index (χ1n) is 7.44. The molecule has 1 aliphatic rings. The first-order valence-corrected chi connectivity index (χ1v) is 7.44. The molecule has 2 rings (SSSR count). The van der Waals surface area contributed by atoms with E-state index in [4.69, 9.17) is 5.73 Å². The van der Waals surface area contributed by atoms with E-state index in [1.165, 1.54) is 37.7 Å². The molecule has 0 aliphatic heterocycles. The molecule has 1 aliphatic carbocycles. The Morgan fingerprint density at radius 1 is 1.21 bits per heavy atom. The fourth-order valence-electron chi connectivity index (χ4n) is 3.34. The Hall–Kier alpha value is -0.890. The molecule has 0 amide bonds. The summed E-state index contributed by atoms with van der Waals surface area (Å²) < 4.78 is 13.8. The van der Waals surface area contributed by atoms with E-state index in [9.17, 15) is 4.39 Å². The van der Waals surface area contributed by atoms with Crippen LogP contribution in [0.3, 0.4) is 0 Å². The predicted molar refractivity (Wildman–Crippen MR) is 79.2 cm³/mol. The van der Waals surface area contributed by atoms with Gasteiger partial charge < -0.3 is 5.73 Å². The topological polar surface area (TPSA) is 26.0 Å². The SMILES string of the molecule is CC(C)(F)Cc1cccc(C2(CN)CCCCC2)c1. The lowest BCUT2D eigenvalue weighted by Crippen LogP contribution is -2.37. The van der Waals surface area contributed by atoms with Crippen LogP contribution in [0.15, 0.2) is 24.3 Å². The van der Waals surface area contributed by atoms with Gasteiger partial charge in [0, 0.05) is 18.4 Å². The molecule has 0 bridgehead atoms. The van der Waals surface area contributed by atoms with E-state index in [0.29, 0.717) is 13.0 Å². The van der Waals surface area contributed by atoms with Gasteiger partial charge in [0.05, 0.1) is 0 Å². The van der Waals surface area contributed by atoms with Gasteiger partial charge in [0.15, 0.2) is 0 Å². The van der Waals surface area contributed by atoms with Crippen molar-refractivity contribution in [2.24, 2.45) is 5.73 Å². The molecule has 2 heteroatoms. The third-order valence-corrected chi connectivity index (χ3v) is 4.37. The maximum Gasteiger partial charge on any atom is 0.109 e. The van der Waals surface area contributed by atoms with Gasteiger partial charge in [0.25, 0.3) is 0 Å². The van der Waals surface area contributed by atoms with Crippen molar-refractivity contribution in [3.63, 3.8) is 0 Å². The fourth-order valence-corrected chi connectivity index (χ4v) is 3.34. The Morgan fingerprint density at radius 2 is 1.89 bits per heavy atom. The van der Waals surface area contributed by atoms with Crippen LogP contribution in [0.5, 0.6) is 0 Å². The van der Waals surface area contributed by atoms with Crippen LogP contribution in [-0.4, -0.2) is 12.2 Å². The highest BCUT2D eigenvalue weighted by molar-refractivity contribution is 5.32. The zero-order valence-corrected chi connectivity index (χ0v) is 12.2. The van der Waals surface area contributed by atoms with Crippen LogP contribution in [0.4, 0.5) is 4.39 Å². The zero-order valence-electron chi connectivity index (χ0n) is 12.2. The lowest BCUT2D eigenvalue weighted by molar-refractivity contribution is 0.217. The molecule has 1 aromatic rings. The van der Waals surface area contributed by atoms with Gasteiger partial charge in [0.1, 0.15) is 5.67 Å². The number of nitrogens with two attached hydrogens (primary N) is 1. The molecule has 2 N–H and O–H groups in total. The number of alkyl halides is 1. The third-order valence-electron chi connectivity index (χ3n) is 4.37. The fraction of sp³-hybridized carbons (Fsp3) is 0.647. The summed E-state index contributed by atoms with van der Waals surface area (Å²) in [6.07, 6.45) is 6.66. The van der Waals surface area contributed by atoms with E-state index >= 15 is 0 Å². The maximum atomic E-state index is 13.8. The van der Waals surface area contributed by atoms with Crippen LogP contribution in [0.25, 0.3) is 0 Å². The smallest absolute Gasteiger partial charge is 0.109 e. The summed E-state index contributed by atoms with van der Waals surface area (Å²) >= 11 is 0. The van der Waals surface area contributed by atoms with Gasteiger partial charge in [0.2, 0.25) is 0 Å². The highest BCUT2D eigenvalue weighted by Crippen LogP contribution is 2.39. The monoisotopic (exact) mass is 263 g/mol. The van der Waals surface area contributed by atoms with Crippen molar-refractivity contribution in [3.05, 3.63) is 35.4 Å². The minimum atomic E-state index is -1.15. The van der Waals surface area contributed by atoms with Crippen molar-refractivity contribution in [3.8, 4) is 0 Å². The maximum absolute atomic E-state index is 13.8. The molecule has 1 aromatic carbocycles. The van der Waals surface area contributed by atoms with Gasteiger partial charge in [-0.2, -0.15) is 0 Å². The van der Waals surface area contributed by atoms with Crippen molar-refractivity contribution in [2.45, 2.75) is 63.5 Å². The summed E-state index contributed by atoms with van der Waals surface area (Å²) in [5.74, 6) is 0. The summed E-state index contributed by atoms with van der Waals surface area (Å²) in [5, 5.41) is 0. The van der Waals surface area contributed by atoms with Crippen molar-refractivity contribution in [1.82, 2.24) is 0 Å². The van der Waals surface area contributed by atoms with Gasteiger partial charge in [-0.25, -0.2) is 4.39 Å². The number of hydrogen-bond acceptors (Lipinski definition) is 1. The Balaban J connectivity index is 2.26. The molecule has 0 unspecified atom stereocenters. The highest BCUT2D eigenvalue weighted by Gasteiger charge is 2.32. The predicted octanol–water partition coefficient (Wildman–Crippen LogP) is 4.14. The second-order valence-electron chi connectivity index (χ2n) is 6.64. The largest absolute Gasteiger partial charge is 0.330 e. The van der Waals surface area contributed by atoms with Gasteiger partial charge >= 0.3 is 0 Å². The van der Waals surface area contributed by atoms with Gasteiger partial charge in [-0.15, -0.1) is 0 Å². The lowest BCUT2D eigenvalue weighted by Gasteiger charge is -2.37. The van der Waals surface area contributed by atoms with E-state index in [1.54, 1.807) is 13.8 Å². The quantitative estimate of drug-likeness (QED) is 0.868. The van der Waals surface area contributed by atoms with Gasteiger partial charge in [-0.05, 0) is 37.8 Å². The molecule has 0 aromatic heterocycles. The van der Waals surface area contributed by atoms with Crippen molar-refractivity contribution in [1.29, 1.82) is 0 Å². The lowest BCUT2D eigenvalue weighted by atomic mass is 9.69. The summed E-state index contributed by atoms with van der Waals surface area (Å²) in [4.78, 5) is 0. The Labute approximate surface area is 116 Å². The van der Waals surface area contributed by atoms with Crippen LogP contribution >= 0.6 is 0 Å². The molecule has 1 fully saturated rings. The number of rotatable bonds is 4. The minimum Gasteiger partial charge on any atom is -0.330 e. The molecule has 0 spiro atoms. The van der Waals surface area contributed by atoms with Crippen LogP contribution in [0, 0.1) is 0 Å². The summed E-state index contributed by atoms with van der Waals surface area (Å²) in [6, 6.07) is 8.44. The molecule has 0 radical (unpaired) electrons. The van der Waals surface area contributed by atoms with E-state index in [-0.39, 0.29) is 5.41 Å². The average Bonchev–Trinajstić information content (AvgIpc) is 2.38. The molecule has 19 heavy (non-hydrogen) atoms. The minimum absolute atomic E-state index is 0.134. The molecule has 0 saturated heterocycles. The molecule has 0 atom stereocenters. The molecule has 1 saturated carbocycles. The third kappa shape index (κ3) is 3.56.